The van der Waals surface area contributed by atoms with E-state index >= 15 is 0 Å². The molecule has 0 amide bonds. The number of unbranched alkanes of at least 4 members (excludes halogenated alkanes) is 2. The molecule has 0 unspecified atom stereocenters. The Bertz CT molecular complexity index is 1570. The molecular formula is C35H39N4O. The first-order valence-corrected chi connectivity index (χ1v) is 14.3. The first-order chi connectivity index (χ1) is 19.5. The topological polar surface area (TPSA) is 64.2 Å². The zero-order chi connectivity index (χ0) is 28.6. The molecule has 0 atom stereocenters. The fourth-order valence-corrected chi connectivity index (χ4v) is 4.83. The first-order valence-electron chi connectivity index (χ1n) is 14.3. The number of aliphatic imine (C=N–C) groups is 1. The van der Waals surface area contributed by atoms with Crippen LogP contribution in [0.2, 0.25) is 0 Å². The van der Waals surface area contributed by atoms with Crippen LogP contribution < -0.4 is 0 Å². The largest absolute Gasteiger partial charge is 0.361 e. The van der Waals surface area contributed by atoms with Crippen molar-refractivity contribution >= 4 is 33.4 Å². The third-order valence-electron chi connectivity index (χ3n) is 6.96. The van der Waals surface area contributed by atoms with Gasteiger partial charge in [-0.25, -0.2) is 4.99 Å². The van der Waals surface area contributed by atoms with Crippen LogP contribution in [0.15, 0.2) is 77.2 Å². The first kappa shape index (κ1) is 28.9. The number of benzene rings is 1. The smallest absolute Gasteiger partial charge is 0.141 e. The number of nitrogens with zero attached hydrogens (tertiary/aromatic N) is 4. The van der Waals surface area contributed by atoms with Crippen molar-refractivity contribution in [3.8, 4) is 11.1 Å². The van der Waals surface area contributed by atoms with Gasteiger partial charge in [-0.1, -0.05) is 70.5 Å². The van der Waals surface area contributed by atoms with E-state index in [0.29, 0.717) is 0 Å². The maximum Gasteiger partial charge on any atom is 0.141 e. The average Bonchev–Trinajstić information content (AvgIpc) is 3.78. The van der Waals surface area contributed by atoms with E-state index in [1.165, 1.54) is 16.7 Å². The quantitative estimate of drug-likeness (QED) is 0.151. The zero-order valence-corrected chi connectivity index (χ0v) is 24.6. The summed E-state index contributed by atoms with van der Waals surface area (Å²) in [4.78, 5) is 14.3. The summed E-state index contributed by atoms with van der Waals surface area (Å²) in [6, 6.07) is 8.36. The van der Waals surface area contributed by atoms with E-state index in [1.54, 1.807) is 6.20 Å². The Balaban J connectivity index is 0.00000181. The fraction of sp³-hybridized carbons (Fsp3) is 0.286. The fourth-order valence-electron chi connectivity index (χ4n) is 4.83. The molecule has 5 nitrogen and oxygen atoms in total. The molecule has 0 bridgehead atoms. The summed E-state index contributed by atoms with van der Waals surface area (Å²) in [6.45, 7) is 16.7. The Kier molecular flexibility index (Phi) is 9.60. The highest BCUT2D eigenvalue weighted by Gasteiger charge is 2.23. The maximum absolute atomic E-state index is 5.49. The molecule has 40 heavy (non-hydrogen) atoms. The predicted octanol–water partition coefficient (Wildman–Crippen LogP) is 9.62. The summed E-state index contributed by atoms with van der Waals surface area (Å²) in [5, 5.41) is 5.30. The van der Waals surface area contributed by atoms with Crippen LogP contribution in [-0.4, -0.2) is 20.8 Å². The Labute approximate surface area is 238 Å². The molecule has 1 aliphatic rings. The van der Waals surface area contributed by atoms with Crippen molar-refractivity contribution in [3.63, 3.8) is 0 Å². The number of hydrogen-bond acceptors (Lipinski definition) is 5. The molecule has 5 heteroatoms. The van der Waals surface area contributed by atoms with Crippen molar-refractivity contribution in [2.45, 2.75) is 67.2 Å². The molecule has 0 N–H and O–H groups in total. The second-order valence-electron chi connectivity index (χ2n) is 9.64. The molecule has 205 valence electrons. The minimum Gasteiger partial charge on any atom is -0.361 e. The van der Waals surface area contributed by atoms with Gasteiger partial charge in [0, 0.05) is 40.9 Å². The zero-order valence-electron chi connectivity index (χ0n) is 24.6. The van der Waals surface area contributed by atoms with Crippen molar-refractivity contribution in [1.82, 2.24) is 15.1 Å². The van der Waals surface area contributed by atoms with Gasteiger partial charge in [0.05, 0.1) is 28.8 Å². The lowest BCUT2D eigenvalue weighted by Gasteiger charge is -2.14. The van der Waals surface area contributed by atoms with Gasteiger partial charge in [-0.05, 0) is 73.2 Å². The molecular weight excluding hydrogens is 492 g/mol. The average molecular weight is 532 g/mol. The number of fused-ring (bicyclic) bond motifs is 1. The summed E-state index contributed by atoms with van der Waals surface area (Å²) in [6.07, 6.45) is 18.2. The molecule has 1 radical (unpaired) electrons. The molecule has 1 aliphatic carbocycles. The maximum atomic E-state index is 5.49. The Morgan fingerprint density at radius 2 is 1.90 bits per heavy atom. The van der Waals surface area contributed by atoms with Crippen LogP contribution in [0, 0.1) is 20.3 Å². The lowest BCUT2D eigenvalue weighted by atomic mass is 9.92. The number of allylic oxidation sites excluding steroid dienone is 5. The molecule has 0 saturated carbocycles. The SMILES string of the molecule is C=C(C(/C=C/CCCC)=Nc1cnc2cc(-c3c(C)noc3C)c(C3=C[CH]3)cc2c1CC)c1cccnc1.CC. The summed E-state index contributed by atoms with van der Waals surface area (Å²) in [5.74, 6) is 0.815. The van der Waals surface area contributed by atoms with Crippen LogP contribution in [0.25, 0.3) is 33.2 Å². The van der Waals surface area contributed by atoms with Gasteiger partial charge < -0.3 is 4.52 Å². The van der Waals surface area contributed by atoms with Crippen molar-refractivity contribution in [1.29, 1.82) is 0 Å². The number of aryl methyl sites for hydroxylation is 3. The molecule has 3 heterocycles. The molecule has 3 aromatic heterocycles. The lowest BCUT2D eigenvalue weighted by Crippen LogP contribution is -2.00. The minimum atomic E-state index is 0.815. The molecule has 0 spiro atoms. The third-order valence-corrected chi connectivity index (χ3v) is 6.96. The highest BCUT2D eigenvalue weighted by atomic mass is 16.5. The van der Waals surface area contributed by atoms with E-state index in [4.69, 9.17) is 14.5 Å². The third kappa shape index (κ3) is 6.20. The van der Waals surface area contributed by atoms with Crippen molar-refractivity contribution in [2.24, 2.45) is 4.99 Å². The lowest BCUT2D eigenvalue weighted by molar-refractivity contribution is 0.393. The molecule has 0 fully saturated rings. The van der Waals surface area contributed by atoms with Gasteiger partial charge in [0.15, 0.2) is 0 Å². The molecule has 0 aliphatic heterocycles. The van der Waals surface area contributed by atoms with Crippen LogP contribution >= 0.6 is 0 Å². The summed E-state index contributed by atoms with van der Waals surface area (Å²) in [5.41, 5.74) is 11.0. The van der Waals surface area contributed by atoms with Crippen LogP contribution in [-0.2, 0) is 6.42 Å². The summed E-state index contributed by atoms with van der Waals surface area (Å²) < 4.78 is 5.49. The van der Waals surface area contributed by atoms with Crippen LogP contribution in [0.1, 0.15) is 75.1 Å². The number of aromatic nitrogens is 3. The normalized spacial score (nSPS) is 12.8. The second kappa shape index (κ2) is 13.3. The Hall–Kier alpha value is -4.12. The van der Waals surface area contributed by atoms with Gasteiger partial charge >= 0.3 is 0 Å². The van der Waals surface area contributed by atoms with Crippen LogP contribution in [0.5, 0.6) is 0 Å². The summed E-state index contributed by atoms with van der Waals surface area (Å²) in [7, 11) is 0. The van der Waals surface area contributed by atoms with Crippen molar-refractivity contribution < 1.29 is 4.52 Å². The van der Waals surface area contributed by atoms with E-state index in [1.807, 2.05) is 52.2 Å². The number of hydrogen-bond donors (Lipinski definition) is 0. The number of rotatable bonds is 10. The molecule has 5 rings (SSSR count). The van der Waals surface area contributed by atoms with Crippen LogP contribution in [0.3, 0.4) is 0 Å². The monoisotopic (exact) mass is 531 g/mol. The Morgan fingerprint density at radius 3 is 2.52 bits per heavy atom. The van der Waals surface area contributed by atoms with Crippen molar-refractivity contribution in [3.05, 3.63) is 102 Å². The van der Waals surface area contributed by atoms with E-state index in [9.17, 15) is 0 Å². The standard InChI is InChI=1S/C33H33N4O.C2H6/c1-6-8-9-10-13-30(21(3)25-12-11-16-34-19-25)36-32-20-35-31-18-29(33-22(4)37-38-23(33)5)27(24-14-15-24)17-28(31)26(32)7-2;1-2/h10-20H,3,6-9H2,1-2,4-5H3;1-2H3/b13-10+,36-30?;. The van der Waals surface area contributed by atoms with Gasteiger partial charge in [0.2, 0.25) is 0 Å². The highest BCUT2D eigenvalue weighted by molar-refractivity contribution is 6.29. The summed E-state index contributed by atoms with van der Waals surface area (Å²) >= 11 is 0. The van der Waals surface area contributed by atoms with E-state index < -0.39 is 0 Å². The predicted molar refractivity (Wildman–Crippen MR) is 169 cm³/mol. The highest BCUT2D eigenvalue weighted by Crippen LogP contribution is 2.42. The molecule has 0 saturated heterocycles. The van der Waals surface area contributed by atoms with E-state index in [0.717, 1.165) is 81.7 Å². The van der Waals surface area contributed by atoms with Gasteiger partial charge in [-0.3, -0.25) is 9.97 Å². The molecule has 4 aromatic rings. The minimum absolute atomic E-state index is 0.815. The van der Waals surface area contributed by atoms with Crippen LogP contribution in [0.4, 0.5) is 5.69 Å². The molecule has 1 aromatic carbocycles. The van der Waals surface area contributed by atoms with E-state index in [-0.39, 0.29) is 0 Å². The van der Waals surface area contributed by atoms with E-state index in [2.05, 4.69) is 67.3 Å². The van der Waals surface area contributed by atoms with Gasteiger partial charge in [-0.2, -0.15) is 0 Å². The Morgan fingerprint density at radius 1 is 1.10 bits per heavy atom. The number of pyridine rings is 2. The van der Waals surface area contributed by atoms with Gasteiger partial charge in [0.1, 0.15) is 5.76 Å². The van der Waals surface area contributed by atoms with Gasteiger partial charge in [0.25, 0.3) is 0 Å². The second-order valence-corrected chi connectivity index (χ2v) is 9.64. The van der Waals surface area contributed by atoms with Gasteiger partial charge in [-0.15, -0.1) is 0 Å². The van der Waals surface area contributed by atoms with Crippen molar-refractivity contribution in [2.75, 3.05) is 0 Å².